The van der Waals surface area contributed by atoms with Crippen LogP contribution >= 0.6 is 0 Å². The van der Waals surface area contributed by atoms with E-state index in [2.05, 4.69) is 12.6 Å². The highest BCUT2D eigenvalue weighted by Crippen LogP contribution is 2.25. The molecule has 1 atom stereocenters. The van der Waals surface area contributed by atoms with Crippen LogP contribution in [0.15, 0.2) is 12.3 Å². The average molecular weight is 202 g/mol. The first-order valence-corrected chi connectivity index (χ1v) is 7.61. The van der Waals surface area contributed by atoms with Crippen LogP contribution in [-0.4, -0.2) is 31.8 Å². The first-order valence-electron chi connectivity index (χ1n) is 4.67. The molecule has 2 nitrogen and oxygen atoms in total. The van der Waals surface area contributed by atoms with Crippen molar-refractivity contribution in [1.82, 2.24) is 0 Å². The highest BCUT2D eigenvalue weighted by Gasteiger charge is 2.28. The van der Waals surface area contributed by atoms with Crippen LogP contribution in [0.25, 0.3) is 0 Å². The monoisotopic (exact) mass is 202 g/mol. The Bertz CT molecular complexity index is 153. The molecule has 0 saturated carbocycles. The summed E-state index contributed by atoms with van der Waals surface area (Å²) in [6, 6.07) is 0. The molecule has 1 unspecified atom stereocenters. The van der Waals surface area contributed by atoms with Crippen LogP contribution < -0.4 is 0 Å². The second-order valence-electron chi connectivity index (χ2n) is 3.26. The van der Waals surface area contributed by atoms with Gasteiger partial charge in [0.2, 0.25) is 10.5 Å². The van der Waals surface area contributed by atoms with Crippen LogP contribution in [0, 0.1) is 0 Å². The van der Waals surface area contributed by atoms with Crippen molar-refractivity contribution in [2.45, 2.75) is 31.0 Å². The minimum Gasteiger partial charge on any atom is -0.558 e. The lowest BCUT2D eigenvalue weighted by Gasteiger charge is -2.33. The second-order valence-corrected chi connectivity index (χ2v) is 5.64. The molecule has 0 radical (unpaired) electrons. The summed E-state index contributed by atoms with van der Waals surface area (Å²) in [6.07, 6.45) is 7.72. The lowest BCUT2D eigenvalue weighted by Crippen LogP contribution is -2.39. The van der Waals surface area contributed by atoms with E-state index in [9.17, 15) is 0 Å². The molecule has 0 aromatic carbocycles. The highest BCUT2D eigenvalue weighted by atomic mass is 28.2. The van der Waals surface area contributed by atoms with Gasteiger partial charge >= 0.3 is 0 Å². The molecule has 1 rings (SSSR count). The Labute approximate surface area is 79.7 Å². The van der Waals surface area contributed by atoms with E-state index < -0.39 is 0 Å². The van der Waals surface area contributed by atoms with E-state index in [1.54, 1.807) is 0 Å². The van der Waals surface area contributed by atoms with Crippen molar-refractivity contribution in [3.8, 4) is 0 Å². The maximum atomic E-state index is 5.83. The fraction of sp³-hybridized carbons (Fsp3) is 0.750. The van der Waals surface area contributed by atoms with E-state index in [4.69, 9.17) is 9.16 Å². The summed E-state index contributed by atoms with van der Waals surface area (Å²) in [5, 5.41) is 0.128. The van der Waals surface area contributed by atoms with E-state index >= 15 is 0 Å². The summed E-state index contributed by atoms with van der Waals surface area (Å²) in [4.78, 5) is 0. The Kier molecular flexibility index (Phi) is 4.04. The molecule has 0 amide bonds. The van der Waals surface area contributed by atoms with Gasteiger partial charge in [0.25, 0.3) is 0 Å². The maximum Gasteiger partial charge on any atom is 0.203 e. The molecule has 1 saturated heterocycles. The minimum absolute atomic E-state index is 0.128. The molecular weight excluding hydrogens is 184 g/mol. The van der Waals surface area contributed by atoms with Crippen molar-refractivity contribution < 1.29 is 9.16 Å². The first kappa shape index (κ1) is 10.0. The van der Waals surface area contributed by atoms with Crippen LogP contribution in [0.3, 0.4) is 0 Å². The van der Waals surface area contributed by atoms with Crippen LogP contribution in [0.2, 0.25) is 6.55 Å². The average Bonchev–Trinajstić information content (AvgIpc) is 2.16. The van der Waals surface area contributed by atoms with E-state index in [0.29, 0.717) is 0 Å². The molecule has 1 aliphatic rings. The Balaban J connectivity index is 2.53. The van der Waals surface area contributed by atoms with Crippen molar-refractivity contribution in [3.63, 3.8) is 0 Å². The highest BCUT2D eigenvalue weighted by molar-refractivity contribution is 6.38. The molecule has 0 bridgehead atoms. The Hall–Kier alpha value is -0.0662. The third kappa shape index (κ3) is 2.47. The molecule has 0 aliphatic carbocycles. The van der Waals surface area contributed by atoms with E-state index in [1.165, 1.54) is 19.3 Å². The smallest absolute Gasteiger partial charge is 0.203 e. The fourth-order valence-electron chi connectivity index (χ4n) is 1.59. The fourth-order valence-corrected chi connectivity index (χ4v) is 3.01. The SMILES string of the molecule is C[SiH2]C1(C=CO[SiH3])CCCCO1. The van der Waals surface area contributed by atoms with E-state index in [1.807, 2.05) is 6.26 Å². The number of rotatable bonds is 3. The van der Waals surface area contributed by atoms with Gasteiger partial charge in [-0.3, -0.25) is 0 Å². The largest absolute Gasteiger partial charge is 0.558 e. The zero-order valence-electron chi connectivity index (χ0n) is 8.01. The quantitative estimate of drug-likeness (QED) is 0.470. The Morgan fingerprint density at radius 2 is 2.42 bits per heavy atom. The third-order valence-corrected chi connectivity index (χ3v) is 4.75. The lowest BCUT2D eigenvalue weighted by molar-refractivity contribution is 0.0122. The van der Waals surface area contributed by atoms with Crippen molar-refractivity contribution >= 4 is 20.0 Å². The summed E-state index contributed by atoms with van der Waals surface area (Å²) in [6.45, 7) is 3.25. The molecule has 1 heterocycles. The van der Waals surface area contributed by atoms with Crippen LogP contribution in [0.1, 0.15) is 19.3 Å². The molecule has 0 aromatic rings. The summed E-state index contributed by atoms with van der Waals surface area (Å²) >= 11 is 0. The van der Waals surface area contributed by atoms with Crippen molar-refractivity contribution in [2.75, 3.05) is 6.61 Å². The zero-order valence-corrected chi connectivity index (χ0v) is 11.4. The van der Waals surface area contributed by atoms with Gasteiger partial charge in [-0.05, 0) is 25.3 Å². The van der Waals surface area contributed by atoms with Gasteiger partial charge in [-0.1, -0.05) is 6.55 Å². The molecule has 70 valence electrons. The molecule has 0 spiro atoms. The Morgan fingerprint density at radius 3 is 2.92 bits per heavy atom. The normalized spacial score (nSPS) is 32.1. The zero-order chi connectivity index (χ0) is 8.86. The number of hydrogen-bond donors (Lipinski definition) is 0. The van der Waals surface area contributed by atoms with Crippen LogP contribution in [0.5, 0.6) is 0 Å². The predicted octanol–water partition coefficient (Wildman–Crippen LogP) is -0.0892. The number of ether oxygens (including phenoxy) is 1. The van der Waals surface area contributed by atoms with Gasteiger partial charge in [0, 0.05) is 6.61 Å². The van der Waals surface area contributed by atoms with Crippen molar-refractivity contribution in [1.29, 1.82) is 0 Å². The van der Waals surface area contributed by atoms with E-state index in [-0.39, 0.29) is 14.7 Å². The van der Waals surface area contributed by atoms with Gasteiger partial charge in [0.15, 0.2) is 0 Å². The van der Waals surface area contributed by atoms with Gasteiger partial charge in [0.1, 0.15) is 0 Å². The summed E-state index contributed by atoms with van der Waals surface area (Å²) in [7, 11) is 0.650. The predicted molar refractivity (Wildman–Crippen MR) is 57.1 cm³/mol. The summed E-state index contributed by atoms with van der Waals surface area (Å²) in [5.41, 5.74) is 0. The van der Waals surface area contributed by atoms with Crippen molar-refractivity contribution in [2.24, 2.45) is 0 Å². The van der Waals surface area contributed by atoms with Crippen LogP contribution in [-0.2, 0) is 9.16 Å². The molecule has 0 aromatic heterocycles. The molecule has 12 heavy (non-hydrogen) atoms. The molecule has 0 N–H and O–H groups in total. The molecule has 1 aliphatic heterocycles. The standard InChI is InChI=1S/C8H18O2Si2/c1-12-8(5-7-10-11)4-2-3-6-9-8/h5,7H,2-4,6,12H2,1,11H3. The van der Waals surface area contributed by atoms with Gasteiger partial charge < -0.3 is 9.16 Å². The number of hydrogen-bond acceptors (Lipinski definition) is 2. The van der Waals surface area contributed by atoms with E-state index in [0.717, 1.165) is 17.1 Å². The molecule has 4 heteroatoms. The third-order valence-electron chi connectivity index (χ3n) is 2.49. The lowest BCUT2D eigenvalue weighted by atomic mass is 10.1. The van der Waals surface area contributed by atoms with Gasteiger partial charge in [-0.15, -0.1) is 0 Å². The molecule has 1 fully saturated rings. The van der Waals surface area contributed by atoms with Gasteiger partial charge in [0.05, 0.1) is 21.0 Å². The van der Waals surface area contributed by atoms with Gasteiger partial charge in [-0.2, -0.15) is 0 Å². The van der Waals surface area contributed by atoms with Gasteiger partial charge in [-0.25, -0.2) is 0 Å². The minimum atomic E-state index is -0.133. The summed E-state index contributed by atoms with van der Waals surface area (Å²) < 4.78 is 10.9. The maximum absolute atomic E-state index is 5.83. The second kappa shape index (κ2) is 4.84. The molecular formula is C8H18O2Si2. The Morgan fingerprint density at radius 1 is 1.58 bits per heavy atom. The first-order chi connectivity index (χ1) is 5.83. The van der Waals surface area contributed by atoms with Crippen LogP contribution in [0.4, 0.5) is 0 Å². The van der Waals surface area contributed by atoms with Crippen molar-refractivity contribution in [3.05, 3.63) is 12.3 Å². The topological polar surface area (TPSA) is 18.5 Å². The summed E-state index contributed by atoms with van der Waals surface area (Å²) in [5.74, 6) is 0.